The number of nitrogens with one attached hydrogen (secondary N) is 1. The van der Waals surface area contributed by atoms with Crippen molar-refractivity contribution in [3.05, 3.63) is 51.9 Å². The number of carbonyl (C=O) groups is 2. The maximum Gasteiger partial charge on any atom is 0.341 e. The fraction of sp³-hybridized carbons (Fsp3) is 0.364. The van der Waals surface area contributed by atoms with Crippen molar-refractivity contribution in [2.45, 2.75) is 39.0 Å². The van der Waals surface area contributed by atoms with Crippen LogP contribution in [0.1, 0.15) is 52.5 Å². The Kier molecular flexibility index (Phi) is 6.87. The van der Waals surface area contributed by atoms with Crippen molar-refractivity contribution >= 4 is 34.3 Å². The number of rotatable bonds is 7. The number of anilines is 1. The predicted octanol–water partition coefficient (Wildman–Crippen LogP) is 4.85. The van der Waals surface area contributed by atoms with Crippen LogP contribution >= 0.6 is 11.3 Å². The lowest BCUT2D eigenvalue weighted by Crippen LogP contribution is -2.13. The molecule has 0 aliphatic heterocycles. The number of ether oxygens (including phenoxy) is 2. The maximum absolute atomic E-state index is 12.4. The average Bonchev–Trinajstić information content (AvgIpc) is 3.08. The summed E-state index contributed by atoms with van der Waals surface area (Å²) in [5.74, 6) is 0.159. The standard InChI is InChI=1S/C22H25NO4S/c1-3-14-27-16-11-8-15(9-12-16)10-13-19(24)23-21-20(22(25)26-2)17-6-4-5-7-18(17)28-21/h8-13H,3-7,14H2,1-2H3,(H,23,24). The van der Waals surface area contributed by atoms with E-state index in [1.165, 1.54) is 29.4 Å². The van der Waals surface area contributed by atoms with E-state index in [0.29, 0.717) is 17.2 Å². The molecule has 1 aliphatic rings. The summed E-state index contributed by atoms with van der Waals surface area (Å²) in [7, 11) is 1.37. The topological polar surface area (TPSA) is 64.6 Å². The number of aryl methyl sites for hydroxylation is 1. The number of methoxy groups -OCH3 is 1. The van der Waals surface area contributed by atoms with Crippen molar-refractivity contribution in [3.8, 4) is 5.75 Å². The number of hydrogen-bond donors (Lipinski definition) is 1. The van der Waals surface area contributed by atoms with Crippen molar-refractivity contribution in [2.75, 3.05) is 19.0 Å². The molecular weight excluding hydrogens is 374 g/mol. The van der Waals surface area contributed by atoms with Gasteiger partial charge in [-0.3, -0.25) is 4.79 Å². The van der Waals surface area contributed by atoms with Crippen molar-refractivity contribution < 1.29 is 19.1 Å². The van der Waals surface area contributed by atoms with Crippen LogP contribution in [0.4, 0.5) is 5.00 Å². The highest BCUT2D eigenvalue weighted by Crippen LogP contribution is 2.38. The summed E-state index contributed by atoms with van der Waals surface area (Å²) in [6.45, 7) is 2.75. The van der Waals surface area contributed by atoms with Gasteiger partial charge in [-0.15, -0.1) is 11.3 Å². The molecule has 0 unspecified atom stereocenters. The van der Waals surface area contributed by atoms with E-state index in [1.807, 2.05) is 24.3 Å². The molecule has 1 heterocycles. The number of esters is 1. The van der Waals surface area contributed by atoms with Crippen molar-refractivity contribution in [1.29, 1.82) is 0 Å². The zero-order valence-electron chi connectivity index (χ0n) is 16.2. The zero-order chi connectivity index (χ0) is 19.9. The highest BCUT2D eigenvalue weighted by atomic mass is 32.1. The Labute approximate surface area is 169 Å². The normalized spacial score (nSPS) is 13.2. The number of hydrogen-bond acceptors (Lipinski definition) is 5. The Bertz CT molecular complexity index is 867. The van der Waals surface area contributed by atoms with Crippen LogP contribution in [0.15, 0.2) is 30.3 Å². The maximum atomic E-state index is 12.4. The lowest BCUT2D eigenvalue weighted by atomic mass is 9.95. The van der Waals surface area contributed by atoms with Crippen molar-refractivity contribution in [3.63, 3.8) is 0 Å². The summed E-state index contributed by atoms with van der Waals surface area (Å²) in [6.07, 6.45) is 8.14. The van der Waals surface area contributed by atoms with Crippen LogP contribution in [0.3, 0.4) is 0 Å². The van der Waals surface area contributed by atoms with Crippen LogP contribution in [0, 0.1) is 0 Å². The molecule has 1 aromatic heterocycles. The highest BCUT2D eigenvalue weighted by molar-refractivity contribution is 7.17. The van der Waals surface area contributed by atoms with Gasteiger partial charge in [-0.05, 0) is 61.4 Å². The number of benzene rings is 1. The minimum absolute atomic E-state index is 0.268. The smallest absolute Gasteiger partial charge is 0.341 e. The van der Waals surface area contributed by atoms with Gasteiger partial charge in [0.25, 0.3) is 0 Å². The molecule has 0 bridgehead atoms. The van der Waals surface area contributed by atoms with Crippen LogP contribution in [0.2, 0.25) is 0 Å². The quantitative estimate of drug-likeness (QED) is 0.534. The summed E-state index contributed by atoms with van der Waals surface area (Å²) in [4.78, 5) is 25.8. The summed E-state index contributed by atoms with van der Waals surface area (Å²) in [5, 5.41) is 3.44. The Hall–Kier alpha value is -2.60. The predicted molar refractivity (Wildman–Crippen MR) is 112 cm³/mol. The van der Waals surface area contributed by atoms with Gasteiger partial charge >= 0.3 is 5.97 Å². The van der Waals surface area contributed by atoms with E-state index in [2.05, 4.69) is 12.2 Å². The van der Waals surface area contributed by atoms with Gasteiger partial charge in [-0.2, -0.15) is 0 Å². The molecule has 6 heteroatoms. The first-order chi connectivity index (χ1) is 13.6. The highest BCUT2D eigenvalue weighted by Gasteiger charge is 2.26. The first kappa shape index (κ1) is 20.1. The molecule has 148 valence electrons. The first-order valence-electron chi connectivity index (χ1n) is 9.57. The number of amides is 1. The third kappa shape index (κ3) is 4.81. The SMILES string of the molecule is CCCOc1ccc(C=CC(=O)Nc2sc3c(c2C(=O)OC)CCCC3)cc1. The van der Waals surface area contributed by atoms with Gasteiger partial charge in [-0.1, -0.05) is 19.1 Å². The molecule has 0 saturated carbocycles. The molecule has 0 spiro atoms. The van der Waals surface area contributed by atoms with Crippen LogP contribution in [0.25, 0.3) is 6.08 Å². The molecule has 28 heavy (non-hydrogen) atoms. The van der Waals surface area contributed by atoms with Gasteiger partial charge in [0.1, 0.15) is 10.8 Å². The average molecular weight is 400 g/mol. The van der Waals surface area contributed by atoms with Crippen LogP contribution < -0.4 is 10.1 Å². The third-order valence-electron chi connectivity index (χ3n) is 4.58. The van der Waals surface area contributed by atoms with Crippen LogP contribution in [-0.2, 0) is 22.4 Å². The van der Waals surface area contributed by atoms with E-state index in [9.17, 15) is 9.59 Å². The van der Waals surface area contributed by atoms with Crippen molar-refractivity contribution in [2.24, 2.45) is 0 Å². The molecular formula is C22H25NO4S. The van der Waals surface area contributed by atoms with E-state index in [0.717, 1.165) is 49.0 Å². The van der Waals surface area contributed by atoms with Gasteiger partial charge in [0.2, 0.25) is 5.91 Å². The third-order valence-corrected chi connectivity index (χ3v) is 5.78. The summed E-state index contributed by atoms with van der Waals surface area (Å²) >= 11 is 1.48. The van der Waals surface area contributed by atoms with Crippen LogP contribution in [0.5, 0.6) is 5.75 Å². The van der Waals surface area contributed by atoms with Crippen LogP contribution in [-0.4, -0.2) is 25.6 Å². The second-order valence-corrected chi connectivity index (χ2v) is 7.75. The van der Waals surface area contributed by atoms with Crippen molar-refractivity contribution in [1.82, 2.24) is 0 Å². The Morgan fingerprint density at radius 2 is 1.93 bits per heavy atom. The molecule has 0 fully saturated rings. The first-order valence-corrected chi connectivity index (χ1v) is 10.4. The Balaban J connectivity index is 1.70. The largest absolute Gasteiger partial charge is 0.494 e. The van der Waals surface area contributed by atoms with Gasteiger partial charge in [0, 0.05) is 11.0 Å². The molecule has 1 amide bonds. The van der Waals surface area contributed by atoms with E-state index in [-0.39, 0.29) is 11.9 Å². The molecule has 0 radical (unpaired) electrons. The van der Waals surface area contributed by atoms with Gasteiger partial charge in [0.15, 0.2) is 0 Å². The minimum Gasteiger partial charge on any atom is -0.494 e. The van der Waals surface area contributed by atoms with E-state index in [4.69, 9.17) is 9.47 Å². The summed E-state index contributed by atoms with van der Waals surface area (Å²) in [5.41, 5.74) is 2.45. The van der Waals surface area contributed by atoms with E-state index in [1.54, 1.807) is 6.08 Å². The molecule has 2 aromatic rings. The monoisotopic (exact) mass is 399 g/mol. The van der Waals surface area contributed by atoms with E-state index >= 15 is 0 Å². The second kappa shape index (κ2) is 9.55. The summed E-state index contributed by atoms with van der Waals surface area (Å²) in [6, 6.07) is 7.57. The molecule has 0 saturated heterocycles. The molecule has 1 N–H and O–H groups in total. The zero-order valence-corrected chi connectivity index (χ0v) is 17.1. The fourth-order valence-electron chi connectivity index (χ4n) is 3.19. The fourth-order valence-corrected chi connectivity index (χ4v) is 4.47. The Morgan fingerprint density at radius 1 is 1.18 bits per heavy atom. The molecule has 1 aromatic carbocycles. The summed E-state index contributed by atoms with van der Waals surface area (Å²) < 4.78 is 10.5. The van der Waals surface area contributed by atoms with E-state index < -0.39 is 0 Å². The van der Waals surface area contributed by atoms with Gasteiger partial charge in [0.05, 0.1) is 19.3 Å². The molecule has 0 atom stereocenters. The minimum atomic E-state index is -0.388. The molecule has 3 rings (SSSR count). The van der Waals surface area contributed by atoms with Gasteiger partial charge in [-0.25, -0.2) is 4.79 Å². The lowest BCUT2D eigenvalue weighted by Gasteiger charge is -2.11. The molecule has 1 aliphatic carbocycles. The number of fused-ring (bicyclic) bond motifs is 1. The number of thiophene rings is 1. The molecule has 5 nitrogen and oxygen atoms in total. The number of carbonyl (C=O) groups excluding carboxylic acids is 2. The Morgan fingerprint density at radius 3 is 2.64 bits per heavy atom. The van der Waals surface area contributed by atoms with Gasteiger partial charge < -0.3 is 14.8 Å². The lowest BCUT2D eigenvalue weighted by molar-refractivity contribution is -0.111. The second-order valence-electron chi connectivity index (χ2n) is 6.65.